The minimum Gasteiger partial charge on any atom is -0.471 e. The molecule has 1 aromatic heterocycles. The number of halogens is 2. The second kappa shape index (κ2) is 10.7. The van der Waals surface area contributed by atoms with Crippen molar-refractivity contribution in [3.05, 3.63) is 81.5 Å². The Morgan fingerprint density at radius 3 is 2.47 bits per heavy atom. The summed E-state index contributed by atoms with van der Waals surface area (Å²) in [5.41, 5.74) is 1.94. The van der Waals surface area contributed by atoms with E-state index in [0.717, 1.165) is 18.4 Å². The van der Waals surface area contributed by atoms with Crippen LogP contribution in [0.5, 0.6) is 5.88 Å². The first-order valence-corrected chi connectivity index (χ1v) is 14.6. The average Bonchev–Trinajstić information content (AvgIpc) is 3.73. The zero-order valence-electron chi connectivity index (χ0n) is 20.7. The van der Waals surface area contributed by atoms with E-state index in [4.69, 9.17) is 27.9 Å². The molecule has 2 aliphatic rings. The Balaban J connectivity index is 1.50. The van der Waals surface area contributed by atoms with Gasteiger partial charge in [0.05, 0.1) is 27.0 Å². The summed E-state index contributed by atoms with van der Waals surface area (Å²) in [6, 6.07) is 13.5. The average molecular weight is 573 g/mol. The van der Waals surface area contributed by atoms with Gasteiger partial charge < -0.3 is 9.53 Å². The van der Waals surface area contributed by atoms with Crippen molar-refractivity contribution < 1.29 is 22.7 Å². The highest BCUT2D eigenvalue weighted by Crippen LogP contribution is 2.42. The summed E-state index contributed by atoms with van der Waals surface area (Å²) in [6.07, 6.45) is 3.57. The van der Waals surface area contributed by atoms with Crippen LogP contribution in [0.3, 0.4) is 0 Å². The van der Waals surface area contributed by atoms with E-state index < -0.39 is 16.1 Å². The van der Waals surface area contributed by atoms with Crippen LogP contribution in [0, 0.1) is 0 Å². The lowest BCUT2D eigenvalue weighted by molar-refractivity contribution is -0.117. The molecule has 0 unspecified atom stereocenters. The zero-order valence-corrected chi connectivity index (χ0v) is 23.0. The monoisotopic (exact) mass is 572 g/mol. The Kier molecular flexibility index (Phi) is 7.49. The fourth-order valence-electron chi connectivity index (χ4n) is 4.58. The second-order valence-electron chi connectivity index (χ2n) is 9.73. The third-order valence-electron chi connectivity index (χ3n) is 6.72. The third-order valence-corrected chi connectivity index (χ3v) is 9.13. The topological polar surface area (TPSA) is 93.6 Å². The highest BCUT2D eigenvalue weighted by Gasteiger charge is 2.36. The molecule has 0 N–H and O–H groups in total. The number of hydrogen-bond acceptors (Lipinski definition) is 6. The summed E-state index contributed by atoms with van der Waals surface area (Å²) in [5.74, 6) is 0.205. The predicted molar refractivity (Wildman–Crippen MR) is 146 cm³/mol. The number of aromatic nitrogens is 1. The van der Waals surface area contributed by atoms with Crippen LogP contribution in [0.15, 0.2) is 59.6 Å². The Hall–Kier alpha value is -2.94. The zero-order chi connectivity index (χ0) is 27.0. The number of sulfonamides is 1. The number of anilines is 1. The minimum absolute atomic E-state index is 0.00834. The van der Waals surface area contributed by atoms with Crippen molar-refractivity contribution in [2.45, 2.75) is 55.9 Å². The van der Waals surface area contributed by atoms with Crippen molar-refractivity contribution in [2.24, 2.45) is 0 Å². The third kappa shape index (κ3) is 5.58. The molecule has 3 aromatic rings. The molecule has 0 amide bonds. The normalized spacial score (nSPS) is 17.0. The van der Waals surface area contributed by atoms with Gasteiger partial charge in [0.2, 0.25) is 5.88 Å². The molecule has 2 heterocycles. The number of carbonyl (C=O) groups is 2. The number of pyridine rings is 1. The highest BCUT2D eigenvalue weighted by molar-refractivity contribution is 7.92. The largest absolute Gasteiger partial charge is 0.471 e. The molecule has 0 saturated heterocycles. The van der Waals surface area contributed by atoms with Crippen LogP contribution in [0.4, 0.5) is 5.69 Å². The summed E-state index contributed by atoms with van der Waals surface area (Å²) in [7, 11) is -3.98. The molecule has 7 nitrogen and oxygen atoms in total. The van der Waals surface area contributed by atoms with Gasteiger partial charge in [-0.2, -0.15) is 0 Å². The number of hydrogen-bond donors (Lipinski definition) is 0. The Labute approximate surface area is 231 Å². The van der Waals surface area contributed by atoms with E-state index in [-0.39, 0.29) is 63.0 Å². The van der Waals surface area contributed by atoms with Crippen LogP contribution in [-0.2, 0) is 21.2 Å². The SMILES string of the molecule is CC(=O)CC[C@H]1CN(S(=O)(=O)c2cccc(C3CC3)c2)c2cc(CC(=O)c3c(Cl)cccc3Cl)cnc2O1. The molecular formula is C28H26Cl2N2O5S. The lowest BCUT2D eigenvalue weighted by Crippen LogP contribution is -2.44. The van der Waals surface area contributed by atoms with Crippen molar-refractivity contribution in [3.63, 3.8) is 0 Å². The molecule has 1 atom stereocenters. The standard InChI is InChI=1S/C28H26Cl2N2O5S/c1-17(33)8-11-21-16-32(38(35,36)22-5-2-4-20(14-22)19-9-10-19)25-12-18(15-31-28(25)37-21)13-26(34)27-23(29)6-3-7-24(27)30/h2-7,12,14-15,19,21H,8-11,13,16H2,1H3/t21-/m0/s1. The van der Waals surface area contributed by atoms with E-state index in [2.05, 4.69) is 4.98 Å². The van der Waals surface area contributed by atoms with E-state index in [1.807, 2.05) is 6.07 Å². The van der Waals surface area contributed by atoms with Crippen LogP contribution in [-0.4, -0.2) is 37.6 Å². The van der Waals surface area contributed by atoms with E-state index in [9.17, 15) is 18.0 Å². The van der Waals surface area contributed by atoms with Crippen molar-refractivity contribution >= 4 is 50.5 Å². The van der Waals surface area contributed by atoms with Gasteiger partial charge >= 0.3 is 0 Å². The fourth-order valence-corrected chi connectivity index (χ4v) is 6.73. The molecule has 198 valence electrons. The van der Waals surface area contributed by atoms with Crippen molar-refractivity contribution in [1.29, 1.82) is 0 Å². The van der Waals surface area contributed by atoms with Gasteiger partial charge in [-0.1, -0.05) is 41.4 Å². The predicted octanol–water partition coefficient (Wildman–Crippen LogP) is 6.02. The molecule has 5 rings (SSSR count). The number of Topliss-reactive ketones (excluding diaryl/α,β-unsaturated/α-hetero) is 2. The van der Waals surface area contributed by atoms with E-state index in [1.165, 1.54) is 17.4 Å². The van der Waals surface area contributed by atoms with Crippen molar-refractivity contribution in [1.82, 2.24) is 4.98 Å². The van der Waals surface area contributed by atoms with Gasteiger partial charge in [0.25, 0.3) is 10.0 Å². The second-order valence-corrected chi connectivity index (χ2v) is 12.4. The van der Waals surface area contributed by atoms with Gasteiger partial charge in [0.15, 0.2) is 5.78 Å². The van der Waals surface area contributed by atoms with Crippen LogP contribution < -0.4 is 9.04 Å². The maximum atomic E-state index is 13.9. The van der Waals surface area contributed by atoms with Gasteiger partial charge in [-0.05, 0) is 73.6 Å². The quantitative estimate of drug-likeness (QED) is 0.291. The molecule has 10 heteroatoms. The van der Waals surface area contributed by atoms with Crippen molar-refractivity contribution in [3.8, 4) is 5.88 Å². The van der Waals surface area contributed by atoms with Gasteiger partial charge in [-0.25, -0.2) is 13.4 Å². The number of benzene rings is 2. The smallest absolute Gasteiger partial charge is 0.264 e. The first-order valence-electron chi connectivity index (χ1n) is 12.4. The molecule has 0 bridgehead atoms. The van der Waals surface area contributed by atoms with Gasteiger partial charge in [-0.15, -0.1) is 0 Å². The number of ketones is 2. The summed E-state index contributed by atoms with van der Waals surface area (Å²) in [6.45, 7) is 1.51. The van der Waals surface area contributed by atoms with E-state index >= 15 is 0 Å². The number of rotatable bonds is 9. The van der Waals surface area contributed by atoms with Crippen molar-refractivity contribution in [2.75, 3.05) is 10.8 Å². The summed E-state index contributed by atoms with van der Waals surface area (Å²) in [5, 5.41) is 0.481. The maximum absolute atomic E-state index is 13.9. The minimum atomic E-state index is -3.98. The van der Waals surface area contributed by atoms with Crippen LogP contribution in [0.2, 0.25) is 10.0 Å². The van der Waals surface area contributed by atoms with E-state index in [1.54, 1.807) is 42.5 Å². The maximum Gasteiger partial charge on any atom is 0.264 e. The first-order chi connectivity index (χ1) is 18.1. The van der Waals surface area contributed by atoms with Crippen LogP contribution in [0.1, 0.15) is 60.0 Å². The molecule has 0 radical (unpaired) electrons. The first kappa shape index (κ1) is 26.7. The molecule has 1 aliphatic heterocycles. The Bertz CT molecular complexity index is 1500. The summed E-state index contributed by atoms with van der Waals surface area (Å²) < 4.78 is 35.2. The van der Waals surface area contributed by atoms with Crippen LogP contribution >= 0.6 is 23.2 Å². The number of carbonyl (C=O) groups excluding carboxylic acids is 2. The van der Waals surface area contributed by atoms with Gasteiger partial charge in [0.1, 0.15) is 17.6 Å². The lowest BCUT2D eigenvalue weighted by atomic mass is 10.0. The summed E-state index contributed by atoms with van der Waals surface area (Å²) >= 11 is 12.4. The molecular weight excluding hydrogens is 547 g/mol. The number of nitrogens with zero attached hydrogens (tertiary/aromatic N) is 2. The molecule has 0 spiro atoms. The van der Waals surface area contributed by atoms with E-state index in [0.29, 0.717) is 17.9 Å². The van der Waals surface area contributed by atoms with Gasteiger partial charge in [-0.3, -0.25) is 9.10 Å². The molecule has 1 fully saturated rings. The molecule has 1 saturated carbocycles. The van der Waals surface area contributed by atoms with Gasteiger partial charge in [0, 0.05) is 19.0 Å². The highest BCUT2D eigenvalue weighted by atomic mass is 35.5. The fraction of sp³-hybridized carbons (Fsp3) is 0.321. The van der Waals surface area contributed by atoms with Crippen LogP contribution in [0.25, 0.3) is 0 Å². The molecule has 38 heavy (non-hydrogen) atoms. The number of ether oxygens (including phenoxy) is 1. The Morgan fingerprint density at radius 2 is 1.79 bits per heavy atom. The molecule has 2 aromatic carbocycles. The lowest BCUT2D eigenvalue weighted by Gasteiger charge is -2.35. The number of fused-ring (bicyclic) bond motifs is 1. The molecule has 1 aliphatic carbocycles. The Morgan fingerprint density at radius 1 is 1.08 bits per heavy atom. The summed E-state index contributed by atoms with van der Waals surface area (Å²) in [4.78, 5) is 29.2.